The first-order valence-corrected chi connectivity index (χ1v) is 9.92. The highest BCUT2D eigenvalue weighted by atomic mass is 79.9. The van der Waals surface area contributed by atoms with E-state index in [2.05, 4.69) is 47.9 Å². The number of halogens is 3. The lowest BCUT2D eigenvalue weighted by molar-refractivity contribution is 0.131. The van der Waals surface area contributed by atoms with Crippen molar-refractivity contribution in [1.82, 2.24) is 9.91 Å². The fourth-order valence-corrected chi connectivity index (χ4v) is 4.16. The number of hydrazone groups is 1. The van der Waals surface area contributed by atoms with E-state index >= 15 is 0 Å². The summed E-state index contributed by atoms with van der Waals surface area (Å²) in [5, 5.41) is 17.4. The molecule has 3 rings (SSSR count). The summed E-state index contributed by atoms with van der Waals surface area (Å²) >= 11 is 13.0. The topological polar surface area (TPSA) is 39.1 Å². The monoisotopic (exact) mass is 485 g/mol. The molecule has 7 heteroatoms. The lowest BCUT2D eigenvalue weighted by atomic mass is 10.2. The van der Waals surface area contributed by atoms with Gasteiger partial charge in [0.05, 0.1) is 10.7 Å². The lowest BCUT2D eigenvalue weighted by Gasteiger charge is -2.33. The van der Waals surface area contributed by atoms with Crippen LogP contribution in [0.3, 0.4) is 0 Å². The van der Waals surface area contributed by atoms with Crippen LogP contribution in [0.25, 0.3) is 0 Å². The fraction of sp³-hybridized carbons (Fsp3) is 0.278. The molecule has 0 spiro atoms. The average Bonchev–Trinajstić information content (AvgIpc) is 2.60. The minimum atomic E-state index is 0.198. The van der Waals surface area contributed by atoms with Crippen LogP contribution in [-0.2, 0) is 6.54 Å². The molecular formula is C18H18Br2ClN3O. The largest absolute Gasteiger partial charge is 0.506 e. The molecule has 1 heterocycles. The van der Waals surface area contributed by atoms with Gasteiger partial charge in [-0.15, -0.1) is 0 Å². The van der Waals surface area contributed by atoms with E-state index in [4.69, 9.17) is 11.6 Å². The maximum atomic E-state index is 10.1. The normalized spacial score (nSPS) is 15.9. The Bertz CT molecular complexity index is 777. The molecule has 1 aliphatic heterocycles. The zero-order valence-corrected chi connectivity index (χ0v) is 17.4. The molecule has 4 nitrogen and oxygen atoms in total. The SMILES string of the molecule is Oc1c(Br)cc(Br)cc1C=NN1CCN(Cc2ccccc2Cl)CC1. The van der Waals surface area contributed by atoms with Gasteiger partial charge in [-0.25, -0.2) is 0 Å². The van der Waals surface area contributed by atoms with Gasteiger partial charge in [0.1, 0.15) is 5.75 Å². The van der Waals surface area contributed by atoms with Crippen LogP contribution in [-0.4, -0.2) is 47.4 Å². The number of phenolic OH excluding ortho intramolecular Hbond substituents is 1. The molecule has 0 unspecified atom stereocenters. The second-order valence-electron chi connectivity index (χ2n) is 5.89. The third-order valence-electron chi connectivity index (χ3n) is 4.12. The molecule has 25 heavy (non-hydrogen) atoms. The maximum absolute atomic E-state index is 10.1. The van der Waals surface area contributed by atoms with E-state index in [1.165, 1.54) is 0 Å². The van der Waals surface area contributed by atoms with Crippen LogP contribution in [0, 0.1) is 0 Å². The predicted octanol–water partition coefficient (Wildman–Crippen LogP) is 4.72. The predicted molar refractivity (Wildman–Crippen MR) is 109 cm³/mol. The third kappa shape index (κ3) is 4.97. The second kappa shape index (κ2) is 8.54. The zero-order valence-electron chi connectivity index (χ0n) is 13.5. The Labute approximate surface area is 169 Å². The van der Waals surface area contributed by atoms with Crippen LogP contribution >= 0.6 is 43.5 Å². The van der Waals surface area contributed by atoms with E-state index in [9.17, 15) is 5.11 Å². The van der Waals surface area contributed by atoms with E-state index in [1.54, 1.807) is 12.3 Å². The van der Waals surface area contributed by atoms with Gasteiger partial charge < -0.3 is 5.11 Å². The molecule has 0 radical (unpaired) electrons. The molecule has 0 saturated carbocycles. The number of nitrogens with zero attached hydrogens (tertiary/aromatic N) is 3. The zero-order chi connectivity index (χ0) is 17.8. The molecular weight excluding hydrogens is 469 g/mol. The smallest absolute Gasteiger partial charge is 0.138 e. The Morgan fingerprint density at radius 2 is 1.84 bits per heavy atom. The van der Waals surface area contributed by atoms with Crippen molar-refractivity contribution in [3.63, 3.8) is 0 Å². The van der Waals surface area contributed by atoms with Crippen molar-refractivity contribution in [3.8, 4) is 5.75 Å². The first-order chi connectivity index (χ1) is 12.0. The summed E-state index contributed by atoms with van der Waals surface area (Å²) in [6, 6.07) is 11.6. The first-order valence-electron chi connectivity index (χ1n) is 7.95. The maximum Gasteiger partial charge on any atom is 0.138 e. The molecule has 0 bridgehead atoms. The van der Waals surface area contributed by atoms with Gasteiger partial charge in [0.15, 0.2) is 0 Å². The minimum absolute atomic E-state index is 0.198. The Balaban J connectivity index is 1.57. The van der Waals surface area contributed by atoms with Gasteiger partial charge in [0, 0.05) is 47.8 Å². The molecule has 1 aliphatic rings. The number of aromatic hydroxyl groups is 1. The minimum Gasteiger partial charge on any atom is -0.506 e. The summed E-state index contributed by atoms with van der Waals surface area (Å²) in [7, 11) is 0. The van der Waals surface area contributed by atoms with E-state index < -0.39 is 0 Å². The number of hydrogen-bond donors (Lipinski definition) is 1. The summed E-state index contributed by atoms with van der Waals surface area (Å²) in [5.41, 5.74) is 1.84. The van der Waals surface area contributed by atoms with Gasteiger partial charge in [-0.05, 0) is 39.7 Å². The molecule has 0 amide bonds. The summed E-state index contributed by atoms with van der Waals surface area (Å²) in [4.78, 5) is 2.38. The van der Waals surface area contributed by atoms with Crippen LogP contribution in [0.5, 0.6) is 5.75 Å². The van der Waals surface area contributed by atoms with E-state index in [1.807, 2.05) is 29.3 Å². The van der Waals surface area contributed by atoms with Crippen LogP contribution in [0.4, 0.5) is 0 Å². The van der Waals surface area contributed by atoms with Crippen molar-refractivity contribution in [3.05, 3.63) is 61.5 Å². The van der Waals surface area contributed by atoms with Gasteiger partial charge in [0.25, 0.3) is 0 Å². The highest BCUT2D eigenvalue weighted by Crippen LogP contribution is 2.30. The van der Waals surface area contributed by atoms with Crippen molar-refractivity contribution in [2.24, 2.45) is 5.10 Å². The Morgan fingerprint density at radius 1 is 1.12 bits per heavy atom. The molecule has 1 saturated heterocycles. The fourth-order valence-electron chi connectivity index (χ4n) is 2.71. The number of piperazine rings is 1. The van der Waals surface area contributed by atoms with Gasteiger partial charge >= 0.3 is 0 Å². The van der Waals surface area contributed by atoms with Crippen molar-refractivity contribution in [1.29, 1.82) is 0 Å². The van der Waals surface area contributed by atoms with Crippen molar-refractivity contribution in [2.45, 2.75) is 6.54 Å². The van der Waals surface area contributed by atoms with Crippen LogP contribution in [0.15, 0.2) is 50.4 Å². The number of benzene rings is 2. The van der Waals surface area contributed by atoms with Gasteiger partial charge in [-0.1, -0.05) is 45.7 Å². The molecule has 0 aliphatic carbocycles. The van der Waals surface area contributed by atoms with Crippen LogP contribution in [0.2, 0.25) is 5.02 Å². The number of hydrogen-bond acceptors (Lipinski definition) is 4. The lowest BCUT2D eigenvalue weighted by Crippen LogP contribution is -2.43. The number of rotatable bonds is 4. The van der Waals surface area contributed by atoms with Crippen molar-refractivity contribution >= 4 is 49.7 Å². The van der Waals surface area contributed by atoms with Crippen LogP contribution < -0.4 is 0 Å². The van der Waals surface area contributed by atoms with Gasteiger partial charge in [0.2, 0.25) is 0 Å². The third-order valence-corrected chi connectivity index (χ3v) is 5.55. The van der Waals surface area contributed by atoms with Crippen molar-refractivity contribution < 1.29 is 5.11 Å². The Hall–Kier alpha value is -1.08. The first kappa shape index (κ1) is 18.7. The quantitative estimate of drug-likeness (QED) is 0.635. The van der Waals surface area contributed by atoms with E-state index in [0.717, 1.165) is 47.8 Å². The highest BCUT2D eigenvalue weighted by molar-refractivity contribution is 9.11. The summed E-state index contributed by atoms with van der Waals surface area (Å²) in [6.45, 7) is 4.40. The summed E-state index contributed by atoms with van der Waals surface area (Å²) in [5.74, 6) is 0.198. The molecule has 1 fully saturated rings. The highest BCUT2D eigenvalue weighted by Gasteiger charge is 2.16. The Kier molecular flexibility index (Phi) is 6.39. The van der Waals surface area contributed by atoms with E-state index in [-0.39, 0.29) is 5.75 Å². The van der Waals surface area contributed by atoms with Gasteiger partial charge in [-0.3, -0.25) is 9.91 Å². The molecule has 132 valence electrons. The average molecular weight is 488 g/mol. The van der Waals surface area contributed by atoms with Gasteiger partial charge in [-0.2, -0.15) is 5.10 Å². The molecule has 2 aromatic carbocycles. The summed E-state index contributed by atoms with van der Waals surface area (Å²) in [6.07, 6.45) is 1.70. The molecule has 2 aromatic rings. The van der Waals surface area contributed by atoms with Crippen LogP contribution in [0.1, 0.15) is 11.1 Å². The van der Waals surface area contributed by atoms with Crippen molar-refractivity contribution in [2.75, 3.05) is 26.2 Å². The molecule has 1 N–H and O–H groups in total. The summed E-state index contributed by atoms with van der Waals surface area (Å²) < 4.78 is 1.54. The molecule has 0 aromatic heterocycles. The second-order valence-corrected chi connectivity index (χ2v) is 8.07. The number of phenols is 1. The molecule has 0 atom stereocenters. The standard InChI is InChI=1S/C18H18Br2ClN3O/c19-15-9-14(18(25)16(20)10-15)11-22-24-7-5-23(6-8-24)12-13-3-1-2-4-17(13)21/h1-4,9-11,25H,5-8,12H2. The Morgan fingerprint density at radius 3 is 2.56 bits per heavy atom. The van der Waals surface area contributed by atoms with E-state index in [0.29, 0.717) is 10.0 Å².